The molecule has 1 aliphatic heterocycles. The van der Waals surface area contributed by atoms with E-state index >= 15 is 0 Å². The van der Waals surface area contributed by atoms with E-state index in [0.29, 0.717) is 6.42 Å². The molecule has 5 rings (SSSR count). The summed E-state index contributed by atoms with van der Waals surface area (Å²) in [6.07, 6.45) is 0.432. The standard InChI is InChI=1S/C22H20N4OS/c1-12-8-9-15(10-13(12)2)16-11-19(27)24-21-20(16)14(3)25-26(21)22-23-17-6-4-5-7-18(17)28-22/h4-10,16H,11H2,1-3H3,(H,24,27). The van der Waals surface area contributed by atoms with E-state index in [9.17, 15) is 4.79 Å². The molecular formula is C22H20N4OS. The summed E-state index contributed by atoms with van der Waals surface area (Å²) in [5.41, 5.74) is 6.61. The van der Waals surface area contributed by atoms with Crippen molar-refractivity contribution in [3.8, 4) is 5.13 Å². The van der Waals surface area contributed by atoms with Crippen LogP contribution in [0.4, 0.5) is 5.82 Å². The van der Waals surface area contributed by atoms with Gasteiger partial charge in [-0.2, -0.15) is 9.78 Å². The first-order chi connectivity index (χ1) is 13.5. The third-order valence-electron chi connectivity index (χ3n) is 5.50. The van der Waals surface area contributed by atoms with Crippen molar-refractivity contribution in [2.45, 2.75) is 33.1 Å². The fourth-order valence-electron chi connectivity index (χ4n) is 3.90. The van der Waals surface area contributed by atoms with Gasteiger partial charge in [0.1, 0.15) is 5.82 Å². The average molecular weight is 388 g/mol. The summed E-state index contributed by atoms with van der Waals surface area (Å²) < 4.78 is 2.90. The minimum absolute atomic E-state index is 0.00572. The Morgan fingerprint density at radius 1 is 1.11 bits per heavy atom. The molecule has 0 aliphatic carbocycles. The van der Waals surface area contributed by atoms with Crippen molar-refractivity contribution in [2.75, 3.05) is 5.32 Å². The van der Waals surface area contributed by atoms with Crippen LogP contribution in [0, 0.1) is 20.8 Å². The molecule has 1 amide bonds. The SMILES string of the molecule is Cc1ccc(C2CC(=O)Nc3c2c(C)nn3-c2nc3ccccc3s2)cc1C. The number of hydrogen-bond donors (Lipinski definition) is 1. The lowest BCUT2D eigenvalue weighted by atomic mass is 9.84. The number of anilines is 1. The van der Waals surface area contributed by atoms with Gasteiger partial charge >= 0.3 is 0 Å². The Labute approximate surface area is 167 Å². The van der Waals surface area contributed by atoms with Gasteiger partial charge in [0.2, 0.25) is 11.0 Å². The van der Waals surface area contributed by atoms with Gasteiger partial charge in [-0.25, -0.2) is 4.98 Å². The zero-order valence-electron chi connectivity index (χ0n) is 16.0. The Balaban J connectivity index is 1.68. The monoisotopic (exact) mass is 388 g/mol. The van der Waals surface area contributed by atoms with Crippen LogP contribution in [0.1, 0.15) is 40.3 Å². The predicted molar refractivity (Wildman–Crippen MR) is 112 cm³/mol. The van der Waals surface area contributed by atoms with Gasteiger partial charge in [-0.1, -0.05) is 41.7 Å². The maximum atomic E-state index is 12.6. The number of hydrogen-bond acceptors (Lipinski definition) is 4. The van der Waals surface area contributed by atoms with Crippen molar-refractivity contribution >= 4 is 33.3 Å². The second-order valence-corrected chi connectivity index (χ2v) is 8.38. The molecule has 28 heavy (non-hydrogen) atoms. The second kappa shape index (κ2) is 6.27. The molecule has 0 spiro atoms. The number of nitrogens with one attached hydrogen (secondary N) is 1. The number of fused-ring (bicyclic) bond motifs is 2. The summed E-state index contributed by atoms with van der Waals surface area (Å²) in [7, 11) is 0. The minimum atomic E-state index is 0.00572. The number of aryl methyl sites for hydroxylation is 3. The minimum Gasteiger partial charge on any atom is -0.310 e. The molecule has 2 aromatic heterocycles. The van der Waals surface area contributed by atoms with E-state index in [1.165, 1.54) is 11.1 Å². The summed E-state index contributed by atoms with van der Waals surface area (Å²) >= 11 is 1.58. The molecule has 0 bridgehead atoms. The molecule has 2 aromatic carbocycles. The fourth-order valence-corrected chi connectivity index (χ4v) is 4.83. The van der Waals surface area contributed by atoms with E-state index in [4.69, 9.17) is 10.1 Å². The highest BCUT2D eigenvalue weighted by Crippen LogP contribution is 2.41. The number of amides is 1. The maximum Gasteiger partial charge on any atom is 0.226 e. The molecular weight excluding hydrogens is 368 g/mol. The lowest BCUT2D eigenvalue weighted by molar-refractivity contribution is -0.116. The van der Waals surface area contributed by atoms with Crippen LogP contribution in [0.25, 0.3) is 15.3 Å². The number of carbonyl (C=O) groups is 1. The molecule has 4 aromatic rings. The van der Waals surface area contributed by atoms with Crippen molar-refractivity contribution in [3.63, 3.8) is 0 Å². The van der Waals surface area contributed by atoms with Crippen molar-refractivity contribution in [1.82, 2.24) is 14.8 Å². The summed E-state index contributed by atoms with van der Waals surface area (Å²) in [5, 5.41) is 8.57. The molecule has 0 fully saturated rings. The largest absolute Gasteiger partial charge is 0.310 e. The van der Waals surface area contributed by atoms with E-state index in [1.54, 1.807) is 16.0 Å². The van der Waals surface area contributed by atoms with E-state index in [-0.39, 0.29) is 11.8 Å². The summed E-state index contributed by atoms with van der Waals surface area (Å²) in [4.78, 5) is 17.3. The van der Waals surface area contributed by atoms with Crippen LogP contribution in [0.2, 0.25) is 0 Å². The van der Waals surface area contributed by atoms with E-state index in [2.05, 4.69) is 43.4 Å². The van der Waals surface area contributed by atoms with Crippen molar-refractivity contribution in [2.24, 2.45) is 0 Å². The Hall–Kier alpha value is -2.99. The maximum absolute atomic E-state index is 12.6. The molecule has 6 heteroatoms. The zero-order chi connectivity index (χ0) is 19.4. The number of aromatic nitrogens is 3. The smallest absolute Gasteiger partial charge is 0.226 e. The number of carbonyl (C=O) groups excluding carboxylic acids is 1. The number of rotatable bonds is 2. The van der Waals surface area contributed by atoms with Gasteiger partial charge in [0.05, 0.1) is 15.9 Å². The van der Waals surface area contributed by atoms with Crippen molar-refractivity contribution < 1.29 is 4.79 Å². The van der Waals surface area contributed by atoms with Crippen LogP contribution in [-0.4, -0.2) is 20.7 Å². The molecule has 1 N–H and O–H groups in total. The van der Waals surface area contributed by atoms with Gasteiger partial charge in [-0.05, 0) is 49.6 Å². The van der Waals surface area contributed by atoms with Gasteiger partial charge in [0.25, 0.3) is 0 Å². The first-order valence-electron chi connectivity index (χ1n) is 9.33. The van der Waals surface area contributed by atoms with Gasteiger partial charge in [-0.15, -0.1) is 0 Å². The fraction of sp³-hybridized carbons (Fsp3) is 0.227. The Morgan fingerprint density at radius 3 is 2.71 bits per heavy atom. The van der Waals surface area contributed by atoms with Crippen LogP contribution in [-0.2, 0) is 4.79 Å². The topological polar surface area (TPSA) is 59.8 Å². The molecule has 5 nitrogen and oxygen atoms in total. The highest BCUT2D eigenvalue weighted by atomic mass is 32.1. The summed E-state index contributed by atoms with van der Waals surface area (Å²) in [6, 6.07) is 14.5. The molecule has 3 heterocycles. The first-order valence-corrected chi connectivity index (χ1v) is 10.2. The number of para-hydroxylation sites is 1. The molecule has 1 aliphatic rings. The van der Waals surface area contributed by atoms with Crippen LogP contribution in [0.15, 0.2) is 42.5 Å². The highest BCUT2D eigenvalue weighted by Gasteiger charge is 2.33. The van der Waals surface area contributed by atoms with E-state index in [1.807, 2.05) is 25.1 Å². The Morgan fingerprint density at radius 2 is 1.93 bits per heavy atom. The molecule has 140 valence electrons. The normalized spacial score (nSPS) is 16.2. The predicted octanol–water partition coefficient (Wildman–Crippen LogP) is 4.88. The van der Waals surface area contributed by atoms with Gasteiger partial charge in [0, 0.05) is 17.9 Å². The first kappa shape index (κ1) is 17.1. The lowest BCUT2D eigenvalue weighted by Crippen LogP contribution is -2.25. The zero-order valence-corrected chi connectivity index (χ0v) is 16.8. The highest BCUT2D eigenvalue weighted by molar-refractivity contribution is 7.20. The van der Waals surface area contributed by atoms with Gasteiger partial charge in [-0.3, -0.25) is 4.79 Å². The van der Waals surface area contributed by atoms with Crippen LogP contribution >= 0.6 is 11.3 Å². The van der Waals surface area contributed by atoms with Crippen molar-refractivity contribution in [1.29, 1.82) is 0 Å². The average Bonchev–Trinajstić information content (AvgIpc) is 3.24. The van der Waals surface area contributed by atoms with Gasteiger partial charge < -0.3 is 5.32 Å². The Kier molecular flexibility index (Phi) is 3.84. The lowest BCUT2D eigenvalue weighted by Gasteiger charge is -2.24. The van der Waals surface area contributed by atoms with E-state index < -0.39 is 0 Å². The summed E-state index contributed by atoms with van der Waals surface area (Å²) in [6.45, 7) is 6.22. The summed E-state index contributed by atoms with van der Waals surface area (Å²) in [5.74, 6) is 0.764. The molecule has 0 saturated heterocycles. The third kappa shape index (κ3) is 2.64. The van der Waals surface area contributed by atoms with E-state index in [0.717, 1.165) is 38.0 Å². The number of thiazole rings is 1. The number of benzene rings is 2. The van der Waals surface area contributed by atoms with Gasteiger partial charge in [0.15, 0.2) is 0 Å². The Bertz CT molecular complexity index is 1200. The van der Waals surface area contributed by atoms with Crippen LogP contribution < -0.4 is 5.32 Å². The molecule has 1 atom stereocenters. The quantitative estimate of drug-likeness (QED) is 0.532. The second-order valence-electron chi connectivity index (χ2n) is 7.37. The van der Waals surface area contributed by atoms with Crippen LogP contribution in [0.5, 0.6) is 0 Å². The van der Waals surface area contributed by atoms with Crippen molar-refractivity contribution in [3.05, 3.63) is 70.4 Å². The molecule has 1 unspecified atom stereocenters. The number of nitrogens with zero attached hydrogens (tertiary/aromatic N) is 3. The third-order valence-corrected chi connectivity index (χ3v) is 6.51. The molecule has 0 saturated carbocycles. The molecule has 0 radical (unpaired) electrons. The van der Waals surface area contributed by atoms with Crippen LogP contribution in [0.3, 0.4) is 0 Å².